The fraction of sp³-hybridized carbons (Fsp3) is 1.00. The summed E-state index contributed by atoms with van der Waals surface area (Å²) in [5.41, 5.74) is 0. The van der Waals surface area contributed by atoms with Gasteiger partial charge in [0.25, 0.3) is 0 Å². The van der Waals surface area contributed by atoms with Crippen molar-refractivity contribution >= 4 is 20.2 Å². The van der Waals surface area contributed by atoms with E-state index in [9.17, 15) is 0 Å². The molecule has 0 bridgehead atoms. The number of rotatable bonds is 3. The minimum atomic E-state index is -0.656. The van der Waals surface area contributed by atoms with E-state index < -0.39 is 20.2 Å². The maximum absolute atomic E-state index is 2.38. The Labute approximate surface area is 60.6 Å². The monoisotopic (exact) mass is 222 g/mol. The molecule has 0 atom stereocenters. The van der Waals surface area contributed by atoms with Crippen LogP contribution in [0.1, 0.15) is 27.7 Å². The quantitative estimate of drug-likeness (QED) is 0.645. The standard InChI is InChI=1S/C3H7.2C2H5.Sb/c1-3-2;2*1-2;/h3H,1-2H3;2*1H2,2H3;. The molecule has 0 amide bonds. The van der Waals surface area contributed by atoms with Crippen molar-refractivity contribution in [1.82, 2.24) is 0 Å². The van der Waals surface area contributed by atoms with E-state index in [1.807, 2.05) is 0 Å². The number of hydrogen-bond donors (Lipinski definition) is 0. The van der Waals surface area contributed by atoms with E-state index in [1.54, 1.807) is 0 Å². The van der Waals surface area contributed by atoms with Crippen LogP contribution < -0.4 is 0 Å². The second-order valence-corrected chi connectivity index (χ2v) is 12.2. The molecule has 0 aliphatic rings. The second-order valence-electron chi connectivity index (χ2n) is 2.31. The van der Waals surface area contributed by atoms with Gasteiger partial charge in [-0.05, 0) is 0 Å². The summed E-state index contributed by atoms with van der Waals surface area (Å²) in [5.74, 6) is 0. The van der Waals surface area contributed by atoms with Crippen LogP contribution >= 0.6 is 0 Å². The molecule has 0 aliphatic carbocycles. The average Bonchev–Trinajstić information content (AvgIpc) is 1.69. The predicted octanol–water partition coefficient (Wildman–Crippen LogP) is 2.93. The molecule has 0 radical (unpaired) electrons. The van der Waals surface area contributed by atoms with Gasteiger partial charge in [0.2, 0.25) is 0 Å². The maximum atomic E-state index is 2.38. The zero-order valence-corrected chi connectivity index (χ0v) is 8.99. The summed E-state index contributed by atoms with van der Waals surface area (Å²) in [7, 11) is 0. The molecule has 0 unspecified atom stereocenters. The van der Waals surface area contributed by atoms with Gasteiger partial charge in [-0.25, -0.2) is 0 Å². The van der Waals surface area contributed by atoms with E-state index in [4.69, 9.17) is 0 Å². The molecule has 0 heterocycles. The third-order valence-electron chi connectivity index (χ3n) is 1.54. The van der Waals surface area contributed by atoms with E-state index in [0.717, 1.165) is 3.86 Å². The first kappa shape index (κ1) is 8.82. The van der Waals surface area contributed by atoms with Gasteiger partial charge >= 0.3 is 60.5 Å². The van der Waals surface area contributed by atoms with Gasteiger partial charge in [-0.15, -0.1) is 0 Å². The van der Waals surface area contributed by atoms with Crippen LogP contribution in [0.5, 0.6) is 0 Å². The van der Waals surface area contributed by atoms with Gasteiger partial charge in [0.15, 0.2) is 0 Å². The molecule has 0 nitrogen and oxygen atoms in total. The van der Waals surface area contributed by atoms with E-state index >= 15 is 0 Å². The van der Waals surface area contributed by atoms with Gasteiger partial charge in [-0.2, -0.15) is 0 Å². The van der Waals surface area contributed by atoms with E-state index in [0.29, 0.717) is 0 Å². The fourth-order valence-corrected chi connectivity index (χ4v) is 6.40. The van der Waals surface area contributed by atoms with Crippen molar-refractivity contribution in [3.8, 4) is 0 Å². The van der Waals surface area contributed by atoms with Gasteiger partial charge in [0, 0.05) is 0 Å². The van der Waals surface area contributed by atoms with Gasteiger partial charge in [-0.3, -0.25) is 0 Å². The molecular formula is C7H17Sb. The van der Waals surface area contributed by atoms with Crippen molar-refractivity contribution in [1.29, 1.82) is 0 Å². The van der Waals surface area contributed by atoms with Crippen LogP contribution in [0.15, 0.2) is 0 Å². The van der Waals surface area contributed by atoms with Gasteiger partial charge < -0.3 is 0 Å². The minimum absolute atomic E-state index is 0.656. The molecule has 0 saturated carbocycles. The summed E-state index contributed by atoms with van der Waals surface area (Å²) in [6, 6.07) is 0. The molecule has 1 heteroatoms. The van der Waals surface area contributed by atoms with Crippen LogP contribution in [0.4, 0.5) is 0 Å². The molecule has 0 rings (SSSR count). The van der Waals surface area contributed by atoms with Crippen LogP contribution in [0.2, 0.25) is 12.6 Å². The van der Waals surface area contributed by atoms with Crippen LogP contribution in [0.3, 0.4) is 0 Å². The Bertz CT molecular complexity index is 46.3. The normalized spacial score (nSPS) is 11.2. The summed E-state index contributed by atoms with van der Waals surface area (Å²) in [5, 5.41) is 0. The van der Waals surface area contributed by atoms with Crippen LogP contribution in [0.25, 0.3) is 0 Å². The number of hydrogen-bond acceptors (Lipinski definition) is 0. The van der Waals surface area contributed by atoms with E-state index in [1.165, 1.54) is 8.73 Å². The van der Waals surface area contributed by atoms with E-state index in [-0.39, 0.29) is 0 Å². The van der Waals surface area contributed by atoms with Crippen molar-refractivity contribution in [3.63, 3.8) is 0 Å². The van der Waals surface area contributed by atoms with Crippen molar-refractivity contribution in [3.05, 3.63) is 0 Å². The zero-order valence-electron chi connectivity index (χ0n) is 6.44. The summed E-state index contributed by atoms with van der Waals surface area (Å²) in [6.45, 7) is 9.48. The van der Waals surface area contributed by atoms with Crippen LogP contribution in [-0.4, -0.2) is 20.2 Å². The third-order valence-corrected chi connectivity index (χ3v) is 10.3. The van der Waals surface area contributed by atoms with Gasteiger partial charge in [-0.1, -0.05) is 0 Å². The SMILES string of the molecule is C[CH2][Sb]([CH2]C)[CH](C)C. The molecule has 0 saturated heterocycles. The molecule has 0 aliphatic heterocycles. The van der Waals surface area contributed by atoms with Gasteiger partial charge in [0.1, 0.15) is 0 Å². The van der Waals surface area contributed by atoms with Crippen molar-refractivity contribution < 1.29 is 0 Å². The summed E-state index contributed by atoms with van der Waals surface area (Å²) < 4.78 is 4.11. The zero-order chi connectivity index (χ0) is 6.57. The van der Waals surface area contributed by atoms with Crippen LogP contribution in [-0.2, 0) is 0 Å². The molecule has 0 spiro atoms. The first-order valence-electron chi connectivity index (χ1n) is 3.46. The molecule has 0 aromatic heterocycles. The first-order valence-corrected chi connectivity index (χ1v) is 8.54. The Balaban J connectivity index is 3.35. The Morgan fingerprint density at radius 3 is 1.50 bits per heavy atom. The van der Waals surface area contributed by atoms with Gasteiger partial charge in [0.05, 0.1) is 0 Å². The predicted molar refractivity (Wildman–Crippen MR) is 41.8 cm³/mol. The van der Waals surface area contributed by atoms with Crippen molar-refractivity contribution in [2.45, 2.75) is 40.3 Å². The Morgan fingerprint density at radius 2 is 1.50 bits per heavy atom. The van der Waals surface area contributed by atoms with Crippen molar-refractivity contribution in [2.75, 3.05) is 0 Å². The van der Waals surface area contributed by atoms with Crippen LogP contribution in [0, 0.1) is 0 Å². The van der Waals surface area contributed by atoms with E-state index in [2.05, 4.69) is 27.7 Å². The third kappa shape index (κ3) is 2.97. The molecule has 0 aromatic rings. The second kappa shape index (κ2) is 4.67. The molecular weight excluding hydrogens is 206 g/mol. The molecule has 0 N–H and O–H groups in total. The Morgan fingerprint density at radius 1 is 1.12 bits per heavy atom. The molecule has 8 heavy (non-hydrogen) atoms. The van der Waals surface area contributed by atoms with Crippen molar-refractivity contribution in [2.24, 2.45) is 0 Å². The topological polar surface area (TPSA) is 0 Å². The summed E-state index contributed by atoms with van der Waals surface area (Å²) in [4.78, 5) is 0. The molecule has 50 valence electrons. The fourth-order valence-electron chi connectivity index (χ4n) is 0.954. The average molecular weight is 223 g/mol. The Kier molecular flexibility index (Phi) is 5.15. The first-order chi connectivity index (χ1) is 3.72. The molecule has 0 fully saturated rings. The molecule has 0 aromatic carbocycles. The Hall–Kier alpha value is 0.818. The summed E-state index contributed by atoms with van der Waals surface area (Å²) >= 11 is -0.656. The summed E-state index contributed by atoms with van der Waals surface area (Å²) in [6.07, 6.45) is 0.